The minimum Gasteiger partial charge on any atom is -0.497 e. The Morgan fingerprint density at radius 3 is 2.52 bits per heavy atom. The van der Waals surface area contributed by atoms with Crippen LogP contribution in [0.3, 0.4) is 0 Å². The number of Topliss-reactive ketones (excluding diaryl/α,β-unsaturated/α-hetero) is 1. The van der Waals surface area contributed by atoms with Crippen molar-refractivity contribution in [2.45, 2.75) is 0 Å². The van der Waals surface area contributed by atoms with Crippen LogP contribution in [0.1, 0.15) is 20.7 Å². The van der Waals surface area contributed by atoms with E-state index in [1.54, 1.807) is 48.5 Å². The fraction of sp³-hybridized carbons (Fsp3) is 0.125. The van der Waals surface area contributed by atoms with Crippen LogP contribution in [0.2, 0.25) is 5.02 Å². The fourth-order valence-corrected chi connectivity index (χ4v) is 1.98. The number of ether oxygens (including phenoxy) is 1. The van der Waals surface area contributed by atoms with E-state index in [4.69, 9.17) is 16.3 Å². The summed E-state index contributed by atoms with van der Waals surface area (Å²) in [5, 5.41) is 3.07. The molecule has 2 aromatic carbocycles. The molecule has 0 heterocycles. The highest BCUT2D eigenvalue weighted by Gasteiger charge is 2.10. The third kappa shape index (κ3) is 4.07. The van der Waals surface area contributed by atoms with Crippen LogP contribution in [0, 0.1) is 0 Å². The lowest BCUT2D eigenvalue weighted by atomic mass is 10.1. The molecule has 0 aliphatic rings. The van der Waals surface area contributed by atoms with Crippen molar-refractivity contribution in [2.24, 2.45) is 0 Å². The monoisotopic (exact) mass is 303 g/mol. The molecular formula is C16H14ClNO3. The van der Waals surface area contributed by atoms with E-state index in [1.165, 1.54) is 7.11 Å². The second-order valence-electron chi connectivity index (χ2n) is 4.35. The Bertz CT molecular complexity index is 670. The Morgan fingerprint density at radius 1 is 1.10 bits per heavy atom. The van der Waals surface area contributed by atoms with E-state index in [1.807, 2.05) is 0 Å². The lowest BCUT2D eigenvalue weighted by Crippen LogP contribution is -2.29. The molecule has 0 radical (unpaired) electrons. The van der Waals surface area contributed by atoms with Gasteiger partial charge in [0.05, 0.1) is 13.7 Å². The average Bonchev–Trinajstić information content (AvgIpc) is 2.52. The van der Waals surface area contributed by atoms with Gasteiger partial charge in [-0.1, -0.05) is 29.8 Å². The summed E-state index contributed by atoms with van der Waals surface area (Å²) in [6, 6.07) is 13.3. The summed E-state index contributed by atoms with van der Waals surface area (Å²) < 4.78 is 5.05. The zero-order chi connectivity index (χ0) is 15.2. The first-order valence-electron chi connectivity index (χ1n) is 6.31. The summed E-state index contributed by atoms with van der Waals surface area (Å²) in [6.45, 7) is -0.0869. The maximum absolute atomic E-state index is 12.0. The largest absolute Gasteiger partial charge is 0.497 e. The van der Waals surface area contributed by atoms with Gasteiger partial charge in [0.25, 0.3) is 5.91 Å². The molecule has 0 saturated heterocycles. The number of rotatable bonds is 5. The second kappa shape index (κ2) is 6.90. The zero-order valence-corrected chi connectivity index (χ0v) is 12.2. The van der Waals surface area contributed by atoms with Gasteiger partial charge in [-0.3, -0.25) is 9.59 Å². The molecule has 21 heavy (non-hydrogen) atoms. The number of hydrogen-bond acceptors (Lipinski definition) is 3. The summed E-state index contributed by atoms with van der Waals surface area (Å²) in [6.07, 6.45) is 0. The van der Waals surface area contributed by atoms with Crippen molar-refractivity contribution in [3.05, 3.63) is 64.7 Å². The number of benzene rings is 2. The summed E-state index contributed by atoms with van der Waals surface area (Å²) in [5.41, 5.74) is 0.904. The molecule has 0 bridgehead atoms. The van der Waals surface area contributed by atoms with Crippen LogP contribution in [-0.4, -0.2) is 25.3 Å². The number of methoxy groups -OCH3 is 1. The first kappa shape index (κ1) is 15.1. The van der Waals surface area contributed by atoms with Gasteiger partial charge in [0.15, 0.2) is 5.78 Å². The van der Waals surface area contributed by atoms with E-state index < -0.39 is 0 Å². The maximum Gasteiger partial charge on any atom is 0.251 e. The van der Waals surface area contributed by atoms with Crippen molar-refractivity contribution in [3.8, 4) is 5.75 Å². The lowest BCUT2D eigenvalue weighted by Gasteiger charge is -2.06. The number of amides is 1. The molecule has 2 rings (SSSR count). The Balaban J connectivity index is 1.99. The maximum atomic E-state index is 12.0. The molecule has 1 amide bonds. The minimum absolute atomic E-state index is 0.0869. The predicted molar refractivity (Wildman–Crippen MR) is 81.1 cm³/mol. The SMILES string of the molecule is COc1cccc(C(=O)NCC(=O)c2cccc(Cl)c2)c1. The van der Waals surface area contributed by atoms with Gasteiger partial charge in [-0.2, -0.15) is 0 Å². The number of carbonyl (C=O) groups excluding carboxylic acids is 2. The van der Waals surface area contributed by atoms with E-state index in [0.29, 0.717) is 21.9 Å². The Morgan fingerprint density at radius 2 is 1.81 bits per heavy atom. The van der Waals surface area contributed by atoms with E-state index in [-0.39, 0.29) is 18.2 Å². The molecule has 0 aliphatic heterocycles. The van der Waals surface area contributed by atoms with Crippen molar-refractivity contribution in [3.63, 3.8) is 0 Å². The molecule has 0 saturated carbocycles. The molecule has 0 aliphatic carbocycles. The van der Waals surface area contributed by atoms with Gasteiger partial charge < -0.3 is 10.1 Å². The Hall–Kier alpha value is -2.33. The molecule has 5 heteroatoms. The highest BCUT2D eigenvalue weighted by Crippen LogP contribution is 2.13. The molecule has 0 aromatic heterocycles. The molecule has 0 unspecified atom stereocenters. The fourth-order valence-electron chi connectivity index (χ4n) is 1.79. The third-order valence-electron chi connectivity index (χ3n) is 2.89. The van der Waals surface area contributed by atoms with Crippen molar-refractivity contribution in [1.29, 1.82) is 0 Å². The van der Waals surface area contributed by atoms with Gasteiger partial charge in [0.2, 0.25) is 0 Å². The molecule has 4 nitrogen and oxygen atoms in total. The van der Waals surface area contributed by atoms with Gasteiger partial charge in [0.1, 0.15) is 5.75 Å². The van der Waals surface area contributed by atoms with Gasteiger partial charge in [0, 0.05) is 16.1 Å². The highest BCUT2D eigenvalue weighted by molar-refractivity contribution is 6.31. The van der Waals surface area contributed by atoms with Gasteiger partial charge in [-0.15, -0.1) is 0 Å². The van der Waals surface area contributed by atoms with E-state index in [0.717, 1.165) is 0 Å². The van der Waals surface area contributed by atoms with Crippen LogP contribution in [0.4, 0.5) is 0 Å². The van der Waals surface area contributed by atoms with E-state index in [9.17, 15) is 9.59 Å². The number of halogens is 1. The number of carbonyl (C=O) groups is 2. The van der Waals surface area contributed by atoms with Crippen molar-refractivity contribution >= 4 is 23.3 Å². The van der Waals surface area contributed by atoms with Crippen LogP contribution in [0.25, 0.3) is 0 Å². The second-order valence-corrected chi connectivity index (χ2v) is 4.78. The average molecular weight is 304 g/mol. The van der Waals surface area contributed by atoms with Crippen molar-refractivity contribution < 1.29 is 14.3 Å². The summed E-state index contributed by atoms with van der Waals surface area (Å²) >= 11 is 5.83. The van der Waals surface area contributed by atoms with Crippen LogP contribution in [0.15, 0.2) is 48.5 Å². The smallest absolute Gasteiger partial charge is 0.251 e. The quantitative estimate of drug-likeness (QED) is 0.864. The first-order valence-corrected chi connectivity index (χ1v) is 6.69. The van der Waals surface area contributed by atoms with Crippen LogP contribution < -0.4 is 10.1 Å². The van der Waals surface area contributed by atoms with E-state index in [2.05, 4.69) is 5.32 Å². The standard InChI is InChI=1S/C16H14ClNO3/c1-21-14-7-3-5-12(9-14)16(20)18-10-15(19)11-4-2-6-13(17)8-11/h2-9H,10H2,1H3,(H,18,20). The highest BCUT2D eigenvalue weighted by atomic mass is 35.5. The van der Waals surface area contributed by atoms with Crippen molar-refractivity contribution in [1.82, 2.24) is 5.32 Å². The molecule has 0 atom stereocenters. The third-order valence-corrected chi connectivity index (χ3v) is 3.12. The Kier molecular flexibility index (Phi) is 4.95. The number of ketones is 1. The lowest BCUT2D eigenvalue weighted by molar-refractivity contribution is 0.0904. The summed E-state index contributed by atoms with van der Waals surface area (Å²) in [5.74, 6) is 0.0573. The Labute approximate surface area is 127 Å². The van der Waals surface area contributed by atoms with Gasteiger partial charge in [-0.05, 0) is 30.3 Å². The summed E-state index contributed by atoms with van der Waals surface area (Å²) in [7, 11) is 1.53. The molecule has 108 valence electrons. The summed E-state index contributed by atoms with van der Waals surface area (Å²) in [4.78, 5) is 23.9. The van der Waals surface area contributed by atoms with Crippen LogP contribution >= 0.6 is 11.6 Å². The minimum atomic E-state index is -0.329. The number of nitrogens with one attached hydrogen (secondary N) is 1. The number of hydrogen-bond donors (Lipinski definition) is 1. The zero-order valence-electron chi connectivity index (χ0n) is 11.4. The molecule has 0 fully saturated rings. The normalized spacial score (nSPS) is 10.0. The van der Waals surface area contributed by atoms with Crippen LogP contribution in [0.5, 0.6) is 5.75 Å². The van der Waals surface area contributed by atoms with E-state index >= 15 is 0 Å². The molecular weight excluding hydrogens is 290 g/mol. The molecule has 0 spiro atoms. The topological polar surface area (TPSA) is 55.4 Å². The van der Waals surface area contributed by atoms with Crippen molar-refractivity contribution in [2.75, 3.05) is 13.7 Å². The van der Waals surface area contributed by atoms with Gasteiger partial charge in [-0.25, -0.2) is 0 Å². The predicted octanol–water partition coefficient (Wildman–Crippen LogP) is 2.96. The van der Waals surface area contributed by atoms with Gasteiger partial charge >= 0.3 is 0 Å². The first-order chi connectivity index (χ1) is 10.1. The molecule has 1 N–H and O–H groups in total. The van der Waals surface area contributed by atoms with Crippen LogP contribution in [-0.2, 0) is 0 Å². The molecule has 2 aromatic rings.